The van der Waals surface area contributed by atoms with Crippen LogP contribution < -0.4 is 9.47 Å². The maximum Gasteiger partial charge on any atom is 0.225 e. The van der Waals surface area contributed by atoms with Gasteiger partial charge in [-0.2, -0.15) is 0 Å². The number of likely N-dealkylation sites (tertiary alicyclic amines) is 1. The van der Waals surface area contributed by atoms with E-state index in [2.05, 4.69) is 18.7 Å². The summed E-state index contributed by atoms with van der Waals surface area (Å²) in [4.78, 5) is 17.1. The van der Waals surface area contributed by atoms with Gasteiger partial charge < -0.3 is 19.3 Å². The lowest BCUT2D eigenvalue weighted by atomic mass is 9.94. The van der Waals surface area contributed by atoms with Gasteiger partial charge in [-0.1, -0.05) is 19.9 Å². The molecule has 5 nitrogen and oxygen atoms in total. The molecule has 0 atom stereocenters. The minimum Gasteiger partial charge on any atom is -0.493 e. The highest BCUT2D eigenvalue weighted by atomic mass is 16.5. The highest BCUT2D eigenvalue weighted by molar-refractivity contribution is 5.78. The number of ether oxygens (including phenoxy) is 2. The molecule has 1 heterocycles. The number of carbonyl (C=O) groups excluding carboxylic acids is 1. The molecule has 1 aliphatic rings. The molecule has 2 rings (SSSR count). The molecule has 0 aliphatic carbocycles. The molecular formula is C21H34N2O3. The van der Waals surface area contributed by atoms with E-state index in [1.807, 2.05) is 30.1 Å². The fourth-order valence-corrected chi connectivity index (χ4v) is 3.63. The Hall–Kier alpha value is -1.75. The van der Waals surface area contributed by atoms with Crippen LogP contribution in [0.2, 0.25) is 0 Å². The van der Waals surface area contributed by atoms with Crippen LogP contribution in [-0.4, -0.2) is 63.2 Å². The van der Waals surface area contributed by atoms with E-state index in [0.717, 1.165) is 62.5 Å². The van der Waals surface area contributed by atoms with Crippen molar-refractivity contribution < 1.29 is 14.3 Å². The molecule has 5 heteroatoms. The summed E-state index contributed by atoms with van der Waals surface area (Å²) in [6, 6.07) is 5.94. The van der Waals surface area contributed by atoms with Gasteiger partial charge in [-0.3, -0.25) is 4.79 Å². The Morgan fingerprint density at radius 1 is 1.19 bits per heavy atom. The smallest absolute Gasteiger partial charge is 0.225 e. The fraction of sp³-hybridized carbons (Fsp3) is 0.667. The molecule has 0 saturated carbocycles. The van der Waals surface area contributed by atoms with Crippen LogP contribution in [0.15, 0.2) is 18.2 Å². The summed E-state index contributed by atoms with van der Waals surface area (Å²) in [6.45, 7) is 8.44. The van der Waals surface area contributed by atoms with Crippen molar-refractivity contribution in [2.24, 2.45) is 11.8 Å². The fourth-order valence-electron chi connectivity index (χ4n) is 3.63. The lowest BCUT2D eigenvalue weighted by Gasteiger charge is -2.34. The number of carbonyl (C=O) groups is 1. The van der Waals surface area contributed by atoms with Crippen molar-refractivity contribution in [1.82, 2.24) is 9.80 Å². The van der Waals surface area contributed by atoms with Crippen molar-refractivity contribution in [2.45, 2.75) is 33.1 Å². The first-order chi connectivity index (χ1) is 12.4. The summed E-state index contributed by atoms with van der Waals surface area (Å²) in [6.07, 6.45) is 2.77. The van der Waals surface area contributed by atoms with E-state index in [4.69, 9.17) is 9.47 Å². The zero-order valence-electron chi connectivity index (χ0n) is 17.0. The maximum absolute atomic E-state index is 12.7. The van der Waals surface area contributed by atoms with E-state index < -0.39 is 0 Å². The first-order valence-electron chi connectivity index (χ1n) is 9.62. The average Bonchev–Trinajstić information content (AvgIpc) is 2.65. The van der Waals surface area contributed by atoms with Crippen LogP contribution in [-0.2, 0) is 11.2 Å². The van der Waals surface area contributed by atoms with Crippen molar-refractivity contribution in [1.29, 1.82) is 0 Å². The molecule has 1 aliphatic heterocycles. The minimum absolute atomic E-state index is 0.175. The number of benzene rings is 1. The SMILES string of the molecule is COc1ccc(CCN(C)C(=O)C2CCN(CC(C)C)CC2)cc1OC. The number of hydrogen-bond donors (Lipinski definition) is 0. The molecule has 1 fully saturated rings. The highest BCUT2D eigenvalue weighted by Gasteiger charge is 2.27. The van der Waals surface area contributed by atoms with Crippen molar-refractivity contribution >= 4 is 5.91 Å². The van der Waals surface area contributed by atoms with Crippen molar-refractivity contribution in [2.75, 3.05) is 47.4 Å². The second-order valence-electron chi connectivity index (χ2n) is 7.67. The number of likely N-dealkylation sites (N-methyl/N-ethyl adjacent to an activating group) is 1. The van der Waals surface area contributed by atoms with Gasteiger partial charge in [-0.05, 0) is 56.0 Å². The predicted molar refractivity (Wildman–Crippen MR) is 105 cm³/mol. The molecule has 1 aromatic rings. The van der Waals surface area contributed by atoms with E-state index >= 15 is 0 Å². The van der Waals surface area contributed by atoms with Gasteiger partial charge in [0, 0.05) is 26.1 Å². The topological polar surface area (TPSA) is 42.0 Å². The summed E-state index contributed by atoms with van der Waals surface area (Å²) in [5.41, 5.74) is 1.15. The number of rotatable bonds is 8. The summed E-state index contributed by atoms with van der Waals surface area (Å²) in [7, 11) is 5.20. The zero-order valence-corrected chi connectivity index (χ0v) is 17.0. The highest BCUT2D eigenvalue weighted by Crippen LogP contribution is 2.28. The van der Waals surface area contributed by atoms with Crippen molar-refractivity contribution in [3.05, 3.63) is 23.8 Å². The first-order valence-corrected chi connectivity index (χ1v) is 9.62. The Labute approximate surface area is 158 Å². The Morgan fingerprint density at radius 3 is 2.42 bits per heavy atom. The Kier molecular flexibility index (Phi) is 7.76. The minimum atomic E-state index is 0.175. The molecule has 0 unspecified atom stereocenters. The van der Waals surface area contributed by atoms with Crippen LogP contribution in [0.5, 0.6) is 11.5 Å². The third-order valence-corrected chi connectivity index (χ3v) is 5.12. The number of amides is 1. The van der Waals surface area contributed by atoms with E-state index in [-0.39, 0.29) is 11.8 Å². The van der Waals surface area contributed by atoms with E-state index in [0.29, 0.717) is 5.92 Å². The Balaban J connectivity index is 1.82. The number of nitrogens with zero attached hydrogens (tertiary/aromatic N) is 2. The largest absolute Gasteiger partial charge is 0.493 e. The van der Waals surface area contributed by atoms with Gasteiger partial charge >= 0.3 is 0 Å². The second kappa shape index (κ2) is 9.81. The Bertz CT molecular complexity index is 581. The van der Waals surface area contributed by atoms with Crippen molar-refractivity contribution in [3.8, 4) is 11.5 Å². The molecule has 26 heavy (non-hydrogen) atoms. The summed E-state index contributed by atoms with van der Waals surface area (Å²) >= 11 is 0. The zero-order chi connectivity index (χ0) is 19.1. The predicted octanol–water partition coefficient (Wildman–Crippen LogP) is 3.07. The van der Waals surface area contributed by atoms with Crippen LogP contribution in [0.3, 0.4) is 0 Å². The third-order valence-electron chi connectivity index (χ3n) is 5.12. The van der Waals surface area contributed by atoms with Gasteiger partial charge in [0.1, 0.15) is 0 Å². The van der Waals surface area contributed by atoms with Crippen molar-refractivity contribution in [3.63, 3.8) is 0 Å². The molecule has 0 spiro atoms. The van der Waals surface area contributed by atoms with Gasteiger partial charge in [-0.15, -0.1) is 0 Å². The third kappa shape index (κ3) is 5.63. The van der Waals surface area contributed by atoms with Crippen LogP contribution in [0, 0.1) is 11.8 Å². The van der Waals surface area contributed by atoms with E-state index in [1.54, 1.807) is 14.2 Å². The average molecular weight is 363 g/mol. The molecule has 146 valence electrons. The normalized spacial score (nSPS) is 15.9. The number of piperidine rings is 1. The lowest BCUT2D eigenvalue weighted by molar-refractivity contribution is -0.135. The molecule has 0 radical (unpaired) electrons. The van der Waals surface area contributed by atoms with Crippen LogP contribution in [0.4, 0.5) is 0 Å². The van der Waals surface area contributed by atoms with Crippen LogP contribution in [0.1, 0.15) is 32.3 Å². The quantitative estimate of drug-likeness (QED) is 0.713. The van der Waals surface area contributed by atoms with E-state index in [1.165, 1.54) is 0 Å². The molecule has 1 saturated heterocycles. The van der Waals surface area contributed by atoms with Crippen LogP contribution in [0.25, 0.3) is 0 Å². The van der Waals surface area contributed by atoms with E-state index in [9.17, 15) is 4.79 Å². The molecule has 0 aromatic heterocycles. The number of hydrogen-bond acceptors (Lipinski definition) is 4. The van der Waals surface area contributed by atoms with Gasteiger partial charge in [0.2, 0.25) is 5.91 Å². The molecular weight excluding hydrogens is 328 g/mol. The summed E-state index contributed by atoms with van der Waals surface area (Å²) in [5, 5.41) is 0. The molecule has 0 N–H and O–H groups in total. The molecule has 1 aromatic carbocycles. The van der Waals surface area contributed by atoms with Gasteiger partial charge in [0.25, 0.3) is 0 Å². The second-order valence-corrected chi connectivity index (χ2v) is 7.67. The molecule has 0 bridgehead atoms. The molecule has 1 amide bonds. The summed E-state index contributed by atoms with van der Waals surface area (Å²) < 4.78 is 10.6. The standard InChI is InChI=1S/C21H34N2O3/c1-16(2)15-23-12-9-18(10-13-23)21(24)22(3)11-8-17-6-7-19(25-4)20(14-17)26-5/h6-7,14,16,18H,8-13,15H2,1-5H3. The monoisotopic (exact) mass is 362 g/mol. The first kappa shape index (κ1) is 20.6. The number of methoxy groups -OCH3 is 2. The van der Waals surface area contributed by atoms with Crippen LogP contribution >= 0.6 is 0 Å². The van der Waals surface area contributed by atoms with Gasteiger partial charge in [0.05, 0.1) is 14.2 Å². The lowest BCUT2D eigenvalue weighted by Crippen LogP contribution is -2.42. The van der Waals surface area contributed by atoms with Gasteiger partial charge in [0.15, 0.2) is 11.5 Å². The van der Waals surface area contributed by atoms with Gasteiger partial charge in [-0.25, -0.2) is 0 Å². The Morgan fingerprint density at radius 2 is 1.85 bits per heavy atom. The summed E-state index contributed by atoms with van der Waals surface area (Å²) in [5.74, 6) is 2.61. The maximum atomic E-state index is 12.7.